The van der Waals surface area contributed by atoms with Crippen molar-refractivity contribution < 1.29 is 9.18 Å². The number of anilines is 2. The molecule has 1 aromatic heterocycles. The Bertz CT molecular complexity index is 651. The Hall–Kier alpha value is -2.37. The lowest BCUT2D eigenvalue weighted by Crippen LogP contribution is -2.13. The summed E-state index contributed by atoms with van der Waals surface area (Å²) in [5.41, 5.74) is 8.04. The van der Waals surface area contributed by atoms with Crippen molar-refractivity contribution in [3.8, 4) is 0 Å². The highest BCUT2D eigenvalue weighted by Gasteiger charge is 2.06. The zero-order chi connectivity index (χ0) is 15.4. The Balaban J connectivity index is 1.82. The number of carbonyl (C=O) groups is 1. The maximum absolute atomic E-state index is 13.0. The second kappa shape index (κ2) is 6.39. The van der Waals surface area contributed by atoms with Gasteiger partial charge < -0.3 is 11.1 Å². The lowest BCUT2D eigenvalue weighted by molar-refractivity contribution is -0.116. The number of carbonyl (C=O) groups excluding carboxylic acids is 1. The van der Waals surface area contributed by atoms with Crippen LogP contribution in [0.4, 0.5) is 15.8 Å². The van der Waals surface area contributed by atoms with Crippen LogP contribution in [0.1, 0.15) is 24.2 Å². The molecule has 0 radical (unpaired) electrons. The van der Waals surface area contributed by atoms with E-state index in [1.54, 1.807) is 0 Å². The molecule has 0 aliphatic heterocycles. The Labute approximate surface area is 123 Å². The molecule has 0 bridgehead atoms. The topological polar surface area (TPSA) is 72.9 Å². The van der Waals surface area contributed by atoms with E-state index >= 15 is 0 Å². The van der Waals surface area contributed by atoms with E-state index in [2.05, 4.69) is 10.4 Å². The van der Waals surface area contributed by atoms with Gasteiger partial charge >= 0.3 is 0 Å². The molecule has 3 N–H and O–H groups in total. The van der Waals surface area contributed by atoms with Crippen molar-refractivity contribution in [3.05, 3.63) is 41.5 Å². The smallest absolute Gasteiger partial charge is 0.224 e. The second-order valence-corrected chi connectivity index (χ2v) is 5.04. The summed E-state index contributed by atoms with van der Waals surface area (Å²) in [5.74, 6) is -0.611. The summed E-state index contributed by atoms with van der Waals surface area (Å²) in [5, 5.41) is 7.04. The summed E-state index contributed by atoms with van der Waals surface area (Å²) in [4.78, 5) is 11.8. The van der Waals surface area contributed by atoms with Crippen LogP contribution >= 0.6 is 0 Å². The van der Waals surface area contributed by atoms with Crippen molar-refractivity contribution in [1.82, 2.24) is 9.78 Å². The van der Waals surface area contributed by atoms with Crippen molar-refractivity contribution in [2.24, 2.45) is 0 Å². The number of nitrogens with zero attached hydrogens (tertiary/aromatic N) is 2. The highest BCUT2D eigenvalue weighted by atomic mass is 19.1. The van der Waals surface area contributed by atoms with Crippen LogP contribution in [0.2, 0.25) is 0 Å². The molecular weight excluding hydrogens is 271 g/mol. The van der Waals surface area contributed by atoms with Gasteiger partial charge in [0, 0.05) is 24.3 Å². The van der Waals surface area contributed by atoms with Gasteiger partial charge in [-0.2, -0.15) is 5.10 Å². The van der Waals surface area contributed by atoms with Gasteiger partial charge in [-0.1, -0.05) is 0 Å². The number of rotatable bonds is 5. The molecule has 1 aromatic carbocycles. The minimum absolute atomic E-state index is 0.0236. The van der Waals surface area contributed by atoms with Gasteiger partial charge in [-0.05, 0) is 44.5 Å². The Kier molecular flexibility index (Phi) is 4.57. The summed E-state index contributed by atoms with van der Waals surface area (Å²) in [7, 11) is 0. The number of benzene rings is 1. The number of hydrogen-bond donors (Lipinski definition) is 2. The molecular formula is C15H19FN4O. The van der Waals surface area contributed by atoms with Crippen LogP contribution in [0.5, 0.6) is 0 Å². The number of nitrogens with one attached hydrogen (secondary N) is 1. The summed E-state index contributed by atoms with van der Waals surface area (Å²) in [6.45, 7) is 4.62. The van der Waals surface area contributed by atoms with Crippen LogP contribution in [-0.2, 0) is 11.3 Å². The van der Waals surface area contributed by atoms with E-state index in [0.717, 1.165) is 11.4 Å². The fourth-order valence-electron chi connectivity index (χ4n) is 2.14. The van der Waals surface area contributed by atoms with Crippen LogP contribution in [-0.4, -0.2) is 15.7 Å². The minimum Gasteiger partial charge on any atom is -0.396 e. The predicted octanol–water partition coefficient (Wildman–Crippen LogP) is 2.64. The molecule has 0 aliphatic carbocycles. The quantitative estimate of drug-likeness (QED) is 0.831. The van der Waals surface area contributed by atoms with E-state index in [-0.39, 0.29) is 11.6 Å². The third-order valence-corrected chi connectivity index (χ3v) is 3.16. The molecule has 1 heterocycles. The molecule has 21 heavy (non-hydrogen) atoms. The SMILES string of the molecule is Cc1cc(C)n(CCCC(=O)Nc2ccc(F)c(N)c2)n1. The molecule has 1 amide bonds. The Morgan fingerprint density at radius 2 is 2.14 bits per heavy atom. The van der Waals surface area contributed by atoms with E-state index in [0.29, 0.717) is 25.1 Å². The van der Waals surface area contributed by atoms with Gasteiger partial charge in [0.1, 0.15) is 5.82 Å². The number of hydrogen-bond acceptors (Lipinski definition) is 3. The first-order valence-electron chi connectivity index (χ1n) is 6.81. The summed E-state index contributed by atoms with van der Waals surface area (Å²) in [6, 6.07) is 6.14. The van der Waals surface area contributed by atoms with Crippen molar-refractivity contribution in [2.45, 2.75) is 33.2 Å². The van der Waals surface area contributed by atoms with Gasteiger partial charge in [0.05, 0.1) is 11.4 Å². The van der Waals surface area contributed by atoms with E-state index in [4.69, 9.17) is 5.73 Å². The lowest BCUT2D eigenvalue weighted by atomic mass is 10.2. The minimum atomic E-state index is -0.488. The van der Waals surface area contributed by atoms with Gasteiger partial charge in [-0.3, -0.25) is 9.48 Å². The first-order chi connectivity index (χ1) is 9.95. The van der Waals surface area contributed by atoms with Crippen molar-refractivity contribution in [2.75, 3.05) is 11.1 Å². The average Bonchev–Trinajstić information content (AvgIpc) is 2.72. The monoisotopic (exact) mass is 290 g/mol. The molecule has 0 atom stereocenters. The van der Waals surface area contributed by atoms with Crippen LogP contribution in [0, 0.1) is 19.7 Å². The van der Waals surface area contributed by atoms with Gasteiger partial charge in [0.25, 0.3) is 0 Å². The largest absolute Gasteiger partial charge is 0.396 e. The Morgan fingerprint density at radius 3 is 2.76 bits per heavy atom. The van der Waals surface area contributed by atoms with Crippen LogP contribution in [0.25, 0.3) is 0 Å². The number of halogens is 1. The molecule has 0 spiro atoms. The third-order valence-electron chi connectivity index (χ3n) is 3.16. The van der Waals surface area contributed by atoms with Crippen molar-refractivity contribution in [3.63, 3.8) is 0 Å². The van der Waals surface area contributed by atoms with Crippen LogP contribution in [0.3, 0.4) is 0 Å². The average molecular weight is 290 g/mol. The molecule has 112 valence electrons. The van der Waals surface area contributed by atoms with Gasteiger partial charge in [-0.25, -0.2) is 4.39 Å². The summed E-state index contributed by atoms with van der Waals surface area (Å²) in [6.07, 6.45) is 1.06. The normalized spacial score (nSPS) is 10.6. The molecule has 0 aliphatic rings. The first-order valence-corrected chi connectivity index (χ1v) is 6.81. The van der Waals surface area contributed by atoms with E-state index < -0.39 is 5.82 Å². The van der Waals surface area contributed by atoms with E-state index in [1.165, 1.54) is 18.2 Å². The van der Waals surface area contributed by atoms with E-state index in [1.807, 2.05) is 24.6 Å². The van der Waals surface area contributed by atoms with Crippen LogP contribution in [0.15, 0.2) is 24.3 Å². The number of nitrogens with two attached hydrogens (primary N) is 1. The second-order valence-electron chi connectivity index (χ2n) is 5.04. The molecule has 0 fully saturated rings. The van der Waals surface area contributed by atoms with Crippen molar-refractivity contribution >= 4 is 17.3 Å². The molecule has 2 rings (SSSR count). The highest BCUT2D eigenvalue weighted by molar-refractivity contribution is 5.91. The third kappa shape index (κ3) is 4.05. The fraction of sp³-hybridized carbons (Fsp3) is 0.333. The zero-order valence-corrected chi connectivity index (χ0v) is 12.2. The molecule has 0 saturated carbocycles. The fourth-order valence-corrected chi connectivity index (χ4v) is 2.14. The van der Waals surface area contributed by atoms with Gasteiger partial charge in [0.15, 0.2) is 0 Å². The number of aromatic nitrogens is 2. The molecule has 0 saturated heterocycles. The predicted molar refractivity (Wildman–Crippen MR) is 80.4 cm³/mol. The maximum Gasteiger partial charge on any atom is 0.224 e. The Morgan fingerprint density at radius 1 is 1.38 bits per heavy atom. The number of amides is 1. The van der Waals surface area contributed by atoms with Gasteiger partial charge in [0.2, 0.25) is 5.91 Å². The molecule has 0 unspecified atom stereocenters. The maximum atomic E-state index is 13.0. The molecule has 5 nitrogen and oxygen atoms in total. The van der Waals surface area contributed by atoms with E-state index in [9.17, 15) is 9.18 Å². The van der Waals surface area contributed by atoms with Gasteiger partial charge in [-0.15, -0.1) is 0 Å². The summed E-state index contributed by atoms with van der Waals surface area (Å²) >= 11 is 0. The zero-order valence-electron chi connectivity index (χ0n) is 12.2. The number of nitrogen functional groups attached to an aromatic ring is 1. The lowest BCUT2D eigenvalue weighted by Gasteiger charge is -2.07. The molecule has 6 heteroatoms. The molecule has 2 aromatic rings. The highest BCUT2D eigenvalue weighted by Crippen LogP contribution is 2.16. The van der Waals surface area contributed by atoms with Crippen molar-refractivity contribution in [1.29, 1.82) is 0 Å². The number of aryl methyl sites for hydroxylation is 3. The first kappa shape index (κ1) is 15.0. The standard InChI is InChI=1S/C15H19FN4O/c1-10-8-11(2)20(19-10)7-3-4-15(21)18-12-5-6-13(16)14(17)9-12/h5-6,8-9H,3-4,7,17H2,1-2H3,(H,18,21). The summed E-state index contributed by atoms with van der Waals surface area (Å²) < 4.78 is 14.9. The van der Waals surface area contributed by atoms with Crippen LogP contribution < -0.4 is 11.1 Å².